The fourth-order valence-corrected chi connectivity index (χ4v) is 6.18. The van der Waals surface area contributed by atoms with E-state index in [1.165, 1.54) is 30.4 Å². The van der Waals surface area contributed by atoms with Crippen molar-refractivity contribution in [2.75, 3.05) is 78.2 Å². The molecule has 0 atom stereocenters. The molecule has 2 aliphatic rings. The van der Waals surface area contributed by atoms with Crippen LogP contribution in [0.4, 0.5) is 5.69 Å². The number of benzene rings is 1. The summed E-state index contributed by atoms with van der Waals surface area (Å²) in [5.41, 5.74) is 7.97. The number of hydrogen-bond donors (Lipinski definition) is 1. The first-order valence-corrected chi connectivity index (χ1v) is 20.9. The lowest BCUT2D eigenvalue weighted by Gasteiger charge is -2.27. The van der Waals surface area contributed by atoms with Crippen LogP contribution in [-0.2, 0) is 12.8 Å². The number of amidine groups is 1. The van der Waals surface area contributed by atoms with Crippen LogP contribution in [0, 0.1) is 0 Å². The molecular formula is C42H75N7OS. The number of rotatable bonds is 16. The number of nitrogens with one attached hydrogen (secondary N) is 1. The largest absolute Gasteiger partial charge is 0.476 e. The van der Waals surface area contributed by atoms with E-state index in [9.17, 15) is 0 Å². The Morgan fingerprint density at radius 2 is 1.59 bits per heavy atom. The van der Waals surface area contributed by atoms with Crippen LogP contribution in [0.1, 0.15) is 106 Å². The van der Waals surface area contributed by atoms with Gasteiger partial charge in [0, 0.05) is 70.9 Å². The zero-order chi connectivity index (χ0) is 38.3. The summed E-state index contributed by atoms with van der Waals surface area (Å²) in [6.07, 6.45) is 18.4. The summed E-state index contributed by atoms with van der Waals surface area (Å²) in [6, 6.07) is 4.61. The van der Waals surface area contributed by atoms with Gasteiger partial charge in [0.1, 0.15) is 12.5 Å². The second kappa shape index (κ2) is 31.8. The van der Waals surface area contributed by atoms with Crippen LogP contribution in [0.25, 0.3) is 0 Å². The van der Waals surface area contributed by atoms with Gasteiger partial charge in [-0.3, -0.25) is 9.89 Å². The van der Waals surface area contributed by atoms with Crippen LogP contribution in [0.15, 0.2) is 63.3 Å². The number of ether oxygens (including phenoxy) is 1. The predicted molar refractivity (Wildman–Crippen MR) is 232 cm³/mol. The summed E-state index contributed by atoms with van der Waals surface area (Å²) in [6.45, 7) is 25.3. The quantitative estimate of drug-likeness (QED) is 0.0602. The summed E-state index contributed by atoms with van der Waals surface area (Å²) in [5, 5.41) is 12.3. The number of likely N-dealkylation sites (tertiary alicyclic amines) is 1. The van der Waals surface area contributed by atoms with Gasteiger partial charge in [0.2, 0.25) is 0 Å². The van der Waals surface area contributed by atoms with E-state index in [-0.39, 0.29) is 0 Å². The van der Waals surface area contributed by atoms with Crippen molar-refractivity contribution in [1.29, 1.82) is 0 Å². The number of nitrogens with zero attached hydrogens (tertiary/aromatic N) is 6. The maximum absolute atomic E-state index is 6.31. The maximum Gasteiger partial charge on any atom is 0.157 e. The Labute approximate surface area is 318 Å². The number of piperidine rings is 1. The highest BCUT2D eigenvalue weighted by Gasteiger charge is 2.18. The monoisotopic (exact) mass is 726 g/mol. The Morgan fingerprint density at radius 1 is 0.922 bits per heavy atom. The lowest BCUT2D eigenvalue weighted by atomic mass is 10.0. The highest BCUT2D eigenvalue weighted by Crippen LogP contribution is 2.31. The van der Waals surface area contributed by atoms with Crippen molar-refractivity contribution in [2.45, 2.75) is 107 Å². The van der Waals surface area contributed by atoms with Crippen molar-refractivity contribution in [1.82, 2.24) is 14.7 Å². The van der Waals surface area contributed by atoms with Crippen LogP contribution < -0.4 is 10.1 Å². The van der Waals surface area contributed by atoms with Gasteiger partial charge in [-0.05, 0) is 88.3 Å². The number of allylic oxidation sites excluding steroid dienone is 4. The zero-order valence-electron chi connectivity index (χ0n) is 34.7. The molecule has 2 aliphatic heterocycles. The summed E-state index contributed by atoms with van der Waals surface area (Å²) in [7, 11) is 6.00. The van der Waals surface area contributed by atoms with Crippen molar-refractivity contribution < 1.29 is 4.74 Å². The summed E-state index contributed by atoms with van der Waals surface area (Å²) < 4.78 is 6.31. The van der Waals surface area contributed by atoms with E-state index in [4.69, 9.17) is 4.74 Å². The van der Waals surface area contributed by atoms with Crippen molar-refractivity contribution in [3.05, 3.63) is 59.2 Å². The standard InChI is InChI=1S/C36H57N7OS.3C2H6/c1-7-15-30(16-13-17-33(8-2)38-9-3)36(41(5)6)40-39-28-45-25-14-22-42-23-18-31-26-34(37-4)35(27-32(31)19-24-42)44-29-43-20-11-10-12-21-43;3*1-2/h7,13,15-17,26-28,37H,8-12,14,18-25,29H2,1-6H3;3*1-2H3/b15-7+,17-13-,30-16+,38-33?,39-28+,40-36-;;;. The number of anilines is 1. The lowest BCUT2D eigenvalue weighted by molar-refractivity contribution is 0.107. The first-order chi connectivity index (χ1) is 25.0. The first kappa shape index (κ1) is 48.1. The van der Waals surface area contributed by atoms with E-state index in [1.807, 2.05) is 86.1 Å². The van der Waals surface area contributed by atoms with Gasteiger partial charge in [0.05, 0.1) is 11.2 Å². The Balaban J connectivity index is 0.00000395. The third-order valence-corrected chi connectivity index (χ3v) is 8.91. The van der Waals surface area contributed by atoms with Gasteiger partial charge in [-0.25, -0.2) is 0 Å². The molecule has 0 bridgehead atoms. The SMILES string of the molecule is C/C=C/C(=C\C=C/C(CC)=NCC)C(=N/N=C/SCCCN1CCc2cc(NC)c(OCN3CCCCC3)cc2CC1)/N(C)C.CC.CC.CC. The molecule has 1 fully saturated rings. The third kappa shape index (κ3) is 19.5. The van der Waals surface area contributed by atoms with E-state index in [0.717, 1.165) is 99.3 Å². The molecule has 1 aromatic carbocycles. The maximum atomic E-state index is 6.31. The third-order valence-electron chi connectivity index (χ3n) is 8.14. The van der Waals surface area contributed by atoms with Gasteiger partial charge < -0.3 is 19.9 Å². The van der Waals surface area contributed by atoms with Gasteiger partial charge in [-0.2, -0.15) is 5.10 Å². The molecule has 0 unspecified atom stereocenters. The Bertz CT molecular complexity index is 1210. The van der Waals surface area contributed by atoms with Crippen LogP contribution >= 0.6 is 11.8 Å². The average molecular weight is 726 g/mol. The highest BCUT2D eigenvalue weighted by molar-refractivity contribution is 8.12. The Morgan fingerprint density at radius 3 is 2.18 bits per heavy atom. The molecule has 0 aromatic heterocycles. The minimum absolute atomic E-state index is 0.683. The Hall–Kier alpha value is -2.88. The molecule has 1 N–H and O–H groups in total. The zero-order valence-corrected chi connectivity index (χ0v) is 35.5. The number of aliphatic imine (C=N–C) groups is 1. The van der Waals surface area contributed by atoms with Crippen molar-refractivity contribution in [3.63, 3.8) is 0 Å². The van der Waals surface area contributed by atoms with Crippen molar-refractivity contribution in [2.24, 2.45) is 15.2 Å². The average Bonchev–Trinajstić information content (AvgIpc) is 3.38. The fourth-order valence-electron chi connectivity index (χ4n) is 5.66. The second-order valence-corrected chi connectivity index (χ2v) is 12.7. The molecule has 290 valence electrons. The van der Waals surface area contributed by atoms with Crippen molar-refractivity contribution >= 4 is 34.5 Å². The van der Waals surface area contributed by atoms with Gasteiger partial charge in [0.25, 0.3) is 0 Å². The summed E-state index contributed by atoms with van der Waals surface area (Å²) >= 11 is 1.73. The molecule has 0 aliphatic carbocycles. The fraction of sp³-hybridized carbons (Fsp3) is 0.643. The summed E-state index contributed by atoms with van der Waals surface area (Å²) in [5.74, 6) is 2.84. The molecule has 0 radical (unpaired) electrons. The molecule has 1 saturated heterocycles. The van der Waals surface area contributed by atoms with E-state index in [2.05, 4.69) is 80.6 Å². The number of likely N-dealkylation sites (N-methyl/N-ethyl adjacent to an activating group) is 1. The molecule has 8 nitrogen and oxygen atoms in total. The van der Waals surface area contributed by atoms with Gasteiger partial charge in [0.15, 0.2) is 5.84 Å². The molecule has 0 saturated carbocycles. The normalized spacial score (nSPS) is 16.0. The van der Waals surface area contributed by atoms with Gasteiger partial charge in [-0.1, -0.05) is 79.2 Å². The number of thioether (sulfide) groups is 1. The topological polar surface area (TPSA) is 68.1 Å². The number of fused-ring (bicyclic) bond motifs is 1. The minimum Gasteiger partial charge on any atom is -0.476 e. The van der Waals surface area contributed by atoms with Gasteiger partial charge >= 0.3 is 0 Å². The van der Waals surface area contributed by atoms with Crippen LogP contribution in [0.5, 0.6) is 5.75 Å². The first-order valence-electron chi connectivity index (χ1n) is 19.8. The summed E-state index contributed by atoms with van der Waals surface area (Å²) in [4.78, 5) is 11.6. The van der Waals surface area contributed by atoms with E-state index >= 15 is 0 Å². The lowest BCUT2D eigenvalue weighted by Crippen LogP contribution is -2.33. The smallest absolute Gasteiger partial charge is 0.157 e. The van der Waals surface area contributed by atoms with E-state index in [0.29, 0.717) is 6.73 Å². The molecule has 0 spiro atoms. The molecule has 2 heterocycles. The predicted octanol–water partition coefficient (Wildman–Crippen LogP) is 9.99. The number of hydrogen-bond acceptors (Lipinski definition) is 8. The Kier molecular flexibility index (Phi) is 30.0. The van der Waals surface area contributed by atoms with E-state index < -0.39 is 0 Å². The van der Waals surface area contributed by atoms with E-state index in [1.54, 1.807) is 11.8 Å². The molecular weight excluding hydrogens is 651 g/mol. The van der Waals surface area contributed by atoms with Crippen molar-refractivity contribution in [3.8, 4) is 5.75 Å². The minimum atomic E-state index is 0.683. The molecule has 51 heavy (non-hydrogen) atoms. The van der Waals surface area contributed by atoms with Crippen LogP contribution in [-0.4, -0.2) is 105 Å². The molecule has 9 heteroatoms. The molecule has 1 aromatic rings. The molecule has 0 amide bonds. The highest BCUT2D eigenvalue weighted by atomic mass is 32.2. The van der Waals surface area contributed by atoms with Gasteiger partial charge in [-0.15, -0.1) is 16.9 Å². The molecule has 3 rings (SSSR count). The van der Waals surface area contributed by atoms with Crippen LogP contribution in [0.2, 0.25) is 0 Å². The van der Waals surface area contributed by atoms with Crippen LogP contribution in [0.3, 0.4) is 0 Å². The second-order valence-electron chi connectivity index (χ2n) is 11.7.